The summed E-state index contributed by atoms with van der Waals surface area (Å²) in [4.78, 5) is 32.9. The van der Waals surface area contributed by atoms with E-state index in [2.05, 4.69) is 9.97 Å². The van der Waals surface area contributed by atoms with Crippen LogP contribution in [0.5, 0.6) is 0 Å². The number of thiazole rings is 2. The fourth-order valence-corrected chi connectivity index (χ4v) is 6.62. The van der Waals surface area contributed by atoms with Gasteiger partial charge in [-0.1, -0.05) is 24.3 Å². The maximum absolute atomic E-state index is 12.3. The van der Waals surface area contributed by atoms with E-state index in [-0.39, 0.29) is 22.5 Å². The van der Waals surface area contributed by atoms with E-state index in [1.165, 1.54) is 34.8 Å². The van der Waals surface area contributed by atoms with Gasteiger partial charge in [-0.2, -0.15) is 0 Å². The molecule has 8 nitrogen and oxygen atoms in total. The Hall–Kier alpha value is -4.54. The van der Waals surface area contributed by atoms with Crippen LogP contribution in [0.15, 0.2) is 72.8 Å². The van der Waals surface area contributed by atoms with Crippen LogP contribution >= 0.6 is 22.7 Å². The first-order chi connectivity index (χ1) is 18.3. The van der Waals surface area contributed by atoms with E-state index < -0.39 is 9.85 Å². The van der Waals surface area contributed by atoms with Gasteiger partial charge >= 0.3 is 0 Å². The first-order valence-corrected chi connectivity index (χ1v) is 13.2. The second kappa shape index (κ2) is 9.09. The van der Waals surface area contributed by atoms with Gasteiger partial charge in [0, 0.05) is 23.3 Å². The van der Waals surface area contributed by atoms with Crippen LogP contribution in [-0.4, -0.2) is 19.8 Å². The van der Waals surface area contributed by atoms with Gasteiger partial charge in [0.05, 0.1) is 41.4 Å². The van der Waals surface area contributed by atoms with Gasteiger partial charge in [-0.3, -0.25) is 20.2 Å². The Morgan fingerprint density at radius 2 is 1.03 bits per heavy atom. The second-order valence-electron chi connectivity index (χ2n) is 8.86. The molecule has 0 atom stereocenters. The Bertz CT molecular complexity index is 1720. The van der Waals surface area contributed by atoms with Gasteiger partial charge in [0.1, 0.15) is 10.0 Å². The smallest absolute Gasteiger partial charge is 0.258 e. The number of aryl methyl sites for hydroxylation is 2. The number of rotatable bonds is 5. The van der Waals surface area contributed by atoms with Crippen molar-refractivity contribution >= 4 is 54.5 Å². The summed E-state index contributed by atoms with van der Waals surface area (Å²) in [6.07, 6.45) is 0. The zero-order chi connectivity index (χ0) is 26.6. The Morgan fingerprint density at radius 3 is 1.39 bits per heavy atom. The molecule has 38 heavy (non-hydrogen) atoms. The van der Waals surface area contributed by atoms with Gasteiger partial charge < -0.3 is 0 Å². The third kappa shape index (κ3) is 4.00. The third-order valence-corrected chi connectivity index (χ3v) is 8.53. The largest absolute Gasteiger partial charge is 0.278 e. The molecule has 0 amide bonds. The van der Waals surface area contributed by atoms with E-state index >= 15 is 0 Å². The standard InChI is InChI=1S/C28H18N4O4S2/c1-15-11-17(27-29-19-7-3-5-9-23(19)37-27)13-21(31(33)34)25(15)26-16(2)12-18(14-22(26)32(35)36)28-30-20-8-4-6-10-24(20)38-28/h3-14H,1-2H3. The molecule has 0 N–H and O–H groups in total. The SMILES string of the molecule is Cc1cc(-c2nc3ccccc3s2)cc([N+](=O)[O-])c1-c1c(C)cc(-c2nc3ccccc3s2)cc1[N+](=O)[O-]. The molecule has 6 aromatic rings. The minimum absolute atomic E-state index is 0.196. The highest BCUT2D eigenvalue weighted by atomic mass is 32.1. The van der Waals surface area contributed by atoms with Crippen LogP contribution in [0.1, 0.15) is 11.1 Å². The van der Waals surface area contributed by atoms with Crippen LogP contribution < -0.4 is 0 Å². The zero-order valence-corrected chi connectivity index (χ0v) is 21.8. The fourth-order valence-electron chi connectivity index (χ4n) is 4.71. The predicted octanol–water partition coefficient (Wildman–Crippen LogP) is 8.34. The molecule has 10 heteroatoms. The quantitative estimate of drug-likeness (QED) is 0.161. The van der Waals surface area contributed by atoms with Crippen molar-refractivity contribution in [2.45, 2.75) is 13.8 Å². The van der Waals surface area contributed by atoms with E-state index in [1.54, 1.807) is 13.8 Å². The second-order valence-corrected chi connectivity index (χ2v) is 10.9. The van der Waals surface area contributed by atoms with Crippen LogP contribution in [0, 0.1) is 34.1 Å². The molecule has 0 saturated heterocycles. The number of benzene rings is 4. The maximum Gasteiger partial charge on any atom is 0.278 e. The highest BCUT2D eigenvalue weighted by molar-refractivity contribution is 7.22. The monoisotopic (exact) mass is 538 g/mol. The molecule has 6 rings (SSSR count). The summed E-state index contributed by atoms with van der Waals surface area (Å²) in [5, 5.41) is 25.9. The summed E-state index contributed by atoms with van der Waals surface area (Å²) in [5.41, 5.74) is 4.04. The molecule has 0 radical (unpaired) electrons. The van der Waals surface area contributed by atoms with Gasteiger partial charge in [-0.15, -0.1) is 22.7 Å². The van der Waals surface area contributed by atoms with E-state index in [0.29, 0.717) is 32.3 Å². The van der Waals surface area contributed by atoms with Crippen molar-refractivity contribution in [3.05, 3.63) is 104 Å². The number of para-hydroxylation sites is 2. The lowest BCUT2D eigenvalue weighted by Crippen LogP contribution is -2.01. The van der Waals surface area contributed by atoms with Gasteiger partial charge in [0.2, 0.25) is 0 Å². The van der Waals surface area contributed by atoms with Gasteiger partial charge in [-0.05, 0) is 61.4 Å². The van der Waals surface area contributed by atoms with E-state index in [9.17, 15) is 20.2 Å². The normalized spacial score (nSPS) is 11.3. The Morgan fingerprint density at radius 1 is 0.632 bits per heavy atom. The zero-order valence-electron chi connectivity index (χ0n) is 20.2. The minimum Gasteiger partial charge on any atom is -0.258 e. The highest BCUT2D eigenvalue weighted by Crippen LogP contribution is 2.45. The van der Waals surface area contributed by atoms with E-state index in [1.807, 2.05) is 60.7 Å². The minimum atomic E-state index is -0.482. The van der Waals surface area contributed by atoms with E-state index in [4.69, 9.17) is 0 Å². The summed E-state index contributed by atoms with van der Waals surface area (Å²) in [6, 6.07) is 21.9. The third-order valence-electron chi connectivity index (χ3n) is 6.35. The molecule has 0 aliphatic rings. The molecule has 2 aromatic heterocycles. The molecule has 186 valence electrons. The number of nitro groups is 2. The Labute approximate surface area is 224 Å². The molecule has 0 fully saturated rings. The van der Waals surface area contributed by atoms with Crippen LogP contribution in [0.25, 0.3) is 52.7 Å². The number of fused-ring (bicyclic) bond motifs is 2. The lowest BCUT2D eigenvalue weighted by Gasteiger charge is -2.13. The molecule has 0 spiro atoms. The first kappa shape index (κ1) is 23.8. The molecule has 0 aliphatic carbocycles. The van der Waals surface area contributed by atoms with Crippen molar-refractivity contribution in [1.82, 2.24) is 9.97 Å². The summed E-state index contributed by atoms with van der Waals surface area (Å²) >= 11 is 2.89. The topological polar surface area (TPSA) is 112 Å². The number of hydrogen-bond donors (Lipinski definition) is 0. The average Bonchev–Trinajstić information content (AvgIpc) is 3.52. The molecule has 0 bridgehead atoms. The van der Waals surface area contributed by atoms with Crippen molar-refractivity contribution in [1.29, 1.82) is 0 Å². The highest BCUT2D eigenvalue weighted by Gasteiger charge is 2.29. The number of nitro benzene ring substituents is 2. The Kier molecular flexibility index (Phi) is 5.70. The molecular weight excluding hydrogens is 520 g/mol. The summed E-state index contributed by atoms with van der Waals surface area (Å²) in [7, 11) is 0. The summed E-state index contributed by atoms with van der Waals surface area (Å²) in [6.45, 7) is 3.48. The summed E-state index contributed by atoms with van der Waals surface area (Å²) < 4.78 is 1.95. The van der Waals surface area contributed by atoms with Gasteiger partial charge in [0.15, 0.2) is 0 Å². The van der Waals surface area contributed by atoms with Crippen LogP contribution in [0.4, 0.5) is 11.4 Å². The predicted molar refractivity (Wildman–Crippen MR) is 152 cm³/mol. The molecule has 2 heterocycles. The molecule has 4 aromatic carbocycles. The van der Waals surface area contributed by atoms with E-state index in [0.717, 1.165) is 20.4 Å². The lowest BCUT2D eigenvalue weighted by atomic mass is 9.91. The van der Waals surface area contributed by atoms with Crippen LogP contribution in [-0.2, 0) is 0 Å². The van der Waals surface area contributed by atoms with Crippen molar-refractivity contribution in [3.8, 4) is 32.3 Å². The van der Waals surface area contributed by atoms with Crippen molar-refractivity contribution in [2.24, 2.45) is 0 Å². The van der Waals surface area contributed by atoms with Crippen molar-refractivity contribution in [2.75, 3.05) is 0 Å². The van der Waals surface area contributed by atoms with Gasteiger partial charge in [0.25, 0.3) is 11.4 Å². The molecular formula is C28H18N4O4S2. The lowest BCUT2D eigenvalue weighted by molar-refractivity contribution is -0.386. The van der Waals surface area contributed by atoms with Crippen LogP contribution in [0.3, 0.4) is 0 Å². The average molecular weight is 539 g/mol. The Balaban J connectivity index is 1.54. The number of hydrogen-bond acceptors (Lipinski definition) is 8. The summed E-state index contributed by atoms with van der Waals surface area (Å²) in [5.74, 6) is 0. The molecule has 0 aliphatic heterocycles. The van der Waals surface area contributed by atoms with Crippen molar-refractivity contribution < 1.29 is 9.85 Å². The number of nitrogens with zero attached hydrogens (tertiary/aromatic N) is 4. The maximum atomic E-state index is 12.3. The van der Waals surface area contributed by atoms with Crippen molar-refractivity contribution in [3.63, 3.8) is 0 Å². The first-order valence-electron chi connectivity index (χ1n) is 11.6. The van der Waals surface area contributed by atoms with Gasteiger partial charge in [-0.25, -0.2) is 9.97 Å². The fraction of sp³-hybridized carbons (Fsp3) is 0.0714. The number of aromatic nitrogens is 2. The van der Waals surface area contributed by atoms with Crippen LogP contribution in [0.2, 0.25) is 0 Å². The molecule has 0 unspecified atom stereocenters. The molecule has 0 saturated carbocycles.